The van der Waals surface area contributed by atoms with Crippen molar-refractivity contribution in [1.82, 2.24) is 0 Å². The van der Waals surface area contributed by atoms with Gasteiger partial charge in [0.2, 0.25) is 5.91 Å². The predicted molar refractivity (Wildman–Crippen MR) is 55.9 cm³/mol. The van der Waals surface area contributed by atoms with Crippen molar-refractivity contribution in [2.75, 3.05) is 13.2 Å². The van der Waals surface area contributed by atoms with Gasteiger partial charge in [-0.25, -0.2) is 0 Å². The van der Waals surface area contributed by atoms with Crippen molar-refractivity contribution in [3.63, 3.8) is 0 Å². The van der Waals surface area contributed by atoms with E-state index < -0.39 is 5.54 Å². The fourth-order valence-electron chi connectivity index (χ4n) is 1.93. The molecule has 2 fully saturated rings. The second-order valence-corrected chi connectivity index (χ2v) is 5.79. The summed E-state index contributed by atoms with van der Waals surface area (Å²) in [6, 6.07) is 0. The number of hydrogen-bond donors (Lipinski definition) is 2. The summed E-state index contributed by atoms with van der Waals surface area (Å²) in [5.74, 6) is -0.356. The van der Waals surface area contributed by atoms with Crippen molar-refractivity contribution in [2.24, 2.45) is 11.5 Å². The van der Waals surface area contributed by atoms with E-state index in [9.17, 15) is 4.79 Å². The molecule has 2 atom stereocenters. The molecule has 0 aromatic carbocycles. The number of rotatable bonds is 3. The number of amides is 1. The standard InChI is InChI=1S/C9H16N2O2S/c10-8(12)9(11)2-1-6(3-9)14-7-4-13-5-7/h6-7H,1-5,11H2,(H2,10,12). The van der Waals surface area contributed by atoms with Gasteiger partial charge in [-0.1, -0.05) is 0 Å². The van der Waals surface area contributed by atoms with Gasteiger partial charge in [0, 0.05) is 5.25 Å². The maximum Gasteiger partial charge on any atom is 0.237 e. The molecule has 2 rings (SSSR count). The molecule has 80 valence electrons. The number of hydrogen-bond acceptors (Lipinski definition) is 4. The van der Waals surface area contributed by atoms with E-state index in [4.69, 9.17) is 16.2 Å². The molecular weight excluding hydrogens is 200 g/mol. The monoisotopic (exact) mass is 216 g/mol. The Balaban J connectivity index is 1.84. The number of carbonyl (C=O) groups excluding carboxylic acids is 1. The quantitative estimate of drug-likeness (QED) is 0.688. The summed E-state index contributed by atoms with van der Waals surface area (Å²) in [5.41, 5.74) is 10.4. The van der Waals surface area contributed by atoms with Gasteiger partial charge in [0.25, 0.3) is 0 Å². The van der Waals surface area contributed by atoms with Crippen LogP contribution in [0.4, 0.5) is 0 Å². The van der Waals surface area contributed by atoms with Crippen molar-refractivity contribution in [3.05, 3.63) is 0 Å². The number of primary amides is 1. The Kier molecular flexibility index (Phi) is 2.72. The molecule has 1 saturated carbocycles. The van der Waals surface area contributed by atoms with E-state index in [1.165, 1.54) is 0 Å². The molecule has 1 aliphatic carbocycles. The molecule has 4 nitrogen and oxygen atoms in total. The fraction of sp³-hybridized carbons (Fsp3) is 0.889. The van der Waals surface area contributed by atoms with Gasteiger partial charge >= 0.3 is 0 Å². The minimum atomic E-state index is -0.748. The third-order valence-electron chi connectivity index (χ3n) is 2.99. The Labute approximate surface area is 87.7 Å². The van der Waals surface area contributed by atoms with Crippen LogP contribution in [0.25, 0.3) is 0 Å². The Bertz CT molecular complexity index is 245. The highest BCUT2D eigenvalue weighted by Crippen LogP contribution is 2.38. The van der Waals surface area contributed by atoms with Gasteiger partial charge in [-0.05, 0) is 19.3 Å². The Morgan fingerprint density at radius 3 is 2.57 bits per heavy atom. The van der Waals surface area contributed by atoms with E-state index in [0.29, 0.717) is 10.5 Å². The van der Waals surface area contributed by atoms with Crippen LogP contribution in [0.15, 0.2) is 0 Å². The second kappa shape index (κ2) is 3.72. The molecule has 0 spiro atoms. The fourth-order valence-corrected chi connectivity index (χ4v) is 3.48. The van der Waals surface area contributed by atoms with Gasteiger partial charge in [-0.3, -0.25) is 4.79 Å². The van der Waals surface area contributed by atoms with E-state index in [1.807, 2.05) is 11.8 Å². The SMILES string of the molecule is NC(=O)C1(N)CCC(SC2COC2)C1. The van der Waals surface area contributed by atoms with Crippen molar-refractivity contribution < 1.29 is 9.53 Å². The number of ether oxygens (including phenoxy) is 1. The molecule has 2 unspecified atom stereocenters. The molecule has 5 heteroatoms. The average Bonchev–Trinajstić information content (AvgIpc) is 2.42. The highest BCUT2D eigenvalue weighted by molar-refractivity contribution is 8.00. The minimum absolute atomic E-state index is 0.356. The topological polar surface area (TPSA) is 78.3 Å². The maximum absolute atomic E-state index is 11.1. The highest BCUT2D eigenvalue weighted by atomic mass is 32.2. The summed E-state index contributed by atoms with van der Waals surface area (Å²) < 4.78 is 5.10. The first-order chi connectivity index (χ1) is 6.60. The lowest BCUT2D eigenvalue weighted by atomic mass is 9.99. The van der Waals surface area contributed by atoms with Gasteiger partial charge in [-0.2, -0.15) is 11.8 Å². The van der Waals surface area contributed by atoms with Crippen LogP contribution in [0.3, 0.4) is 0 Å². The van der Waals surface area contributed by atoms with E-state index in [2.05, 4.69) is 0 Å². The van der Waals surface area contributed by atoms with Crippen molar-refractivity contribution in [2.45, 2.75) is 35.3 Å². The Morgan fingerprint density at radius 2 is 2.14 bits per heavy atom. The lowest BCUT2D eigenvalue weighted by molar-refractivity contribution is -0.122. The summed E-state index contributed by atoms with van der Waals surface area (Å²) in [5, 5.41) is 1.09. The summed E-state index contributed by atoms with van der Waals surface area (Å²) in [6.45, 7) is 1.69. The summed E-state index contributed by atoms with van der Waals surface area (Å²) in [7, 11) is 0. The number of nitrogens with two attached hydrogens (primary N) is 2. The van der Waals surface area contributed by atoms with Crippen molar-refractivity contribution >= 4 is 17.7 Å². The molecule has 0 radical (unpaired) electrons. The molecule has 1 amide bonds. The zero-order valence-electron chi connectivity index (χ0n) is 8.07. The van der Waals surface area contributed by atoms with E-state index >= 15 is 0 Å². The number of carbonyl (C=O) groups is 1. The van der Waals surface area contributed by atoms with E-state index in [-0.39, 0.29) is 5.91 Å². The lowest BCUT2D eigenvalue weighted by Crippen LogP contribution is -2.50. The van der Waals surface area contributed by atoms with E-state index in [0.717, 1.165) is 32.5 Å². The van der Waals surface area contributed by atoms with Crippen molar-refractivity contribution in [1.29, 1.82) is 0 Å². The zero-order valence-corrected chi connectivity index (χ0v) is 8.89. The predicted octanol–water partition coefficient (Wildman–Crippen LogP) is -0.146. The van der Waals surface area contributed by atoms with Crippen LogP contribution in [0, 0.1) is 0 Å². The molecule has 1 heterocycles. The van der Waals surface area contributed by atoms with Crippen LogP contribution < -0.4 is 11.5 Å². The average molecular weight is 216 g/mol. The molecule has 14 heavy (non-hydrogen) atoms. The molecule has 0 aromatic heterocycles. The van der Waals surface area contributed by atoms with Crippen LogP contribution in [0.5, 0.6) is 0 Å². The van der Waals surface area contributed by atoms with Gasteiger partial charge in [0.05, 0.1) is 24.0 Å². The molecule has 2 aliphatic rings. The molecule has 1 aliphatic heterocycles. The summed E-state index contributed by atoms with van der Waals surface area (Å²) in [6.07, 6.45) is 2.46. The van der Waals surface area contributed by atoms with Crippen LogP contribution in [-0.4, -0.2) is 35.2 Å². The molecule has 0 bridgehead atoms. The lowest BCUT2D eigenvalue weighted by Gasteiger charge is -2.28. The molecule has 0 aromatic rings. The third kappa shape index (κ3) is 1.89. The Morgan fingerprint density at radius 1 is 1.43 bits per heavy atom. The molecule has 1 saturated heterocycles. The third-order valence-corrected chi connectivity index (χ3v) is 4.43. The highest BCUT2D eigenvalue weighted by Gasteiger charge is 2.42. The first-order valence-electron chi connectivity index (χ1n) is 4.92. The molecular formula is C9H16N2O2S. The largest absolute Gasteiger partial charge is 0.379 e. The first-order valence-corrected chi connectivity index (χ1v) is 5.86. The van der Waals surface area contributed by atoms with Crippen LogP contribution in [0.2, 0.25) is 0 Å². The normalized spacial score (nSPS) is 38.2. The van der Waals surface area contributed by atoms with Crippen LogP contribution in [-0.2, 0) is 9.53 Å². The van der Waals surface area contributed by atoms with Crippen molar-refractivity contribution in [3.8, 4) is 0 Å². The molecule has 4 N–H and O–H groups in total. The van der Waals surface area contributed by atoms with Gasteiger partial charge in [0.1, 0.15) is 0 Å². The summed E-state index contributed by atoms with van der Waals surface area (Å²) >= 11 is 1.90. The van der Waals surface area contributed by atoms with Crippen LogP contribution in [0.1, 0.15) is 19.3 Å². The van der Waals surface area contributed by atoms with E-state index in [1.54, 1.807) is 0 Å². The van der Waals surface area contributed by atoms with Gasteiger partial charge < -0.3 is 16.2 Å². The maximum atomic E-state index is 11.1. The first kappa shape index (κ1) is 10.3. The minimum Gasteiger partial charge on any atom is -0.379 e. The zero-order chi connectivity index (χ0) is 10.2. The van der Waals surface area contributed by atoms with Gasteiger partial charge in [-0.15, -0.1) is 0 Å². The number of thioether (sulfide) groups is 1. The smallest absolute Gasteiger partial charge is 0.237 e. The van der Waals surface area contributed by atoms with Crippen LogP contribution >= 0.6 is 11.8 Å². The Hall–Kier alpha value is -0.260. The summed E-state index contributed by atoms with van der Waals surface area (Å²) in [4.78, 5) is 11.1. The van der Waals surface area contributed by atoms with Gasteiger partial charge in [0.15, 0.2) is 0 Å². The second-order valence-electron chi connectivity index (χ2n) is 4.18.